The molecular formula is C23H30N2O5S2. The van der Waals surface area contributed by atoms with Crippen molar-refractivity contribution in [1.82, 2.24) is 4.31 Å². The number of aliphatic hydroxyl groups excluding tert-OH is 1. The molecule has 1 atom stereocenters. The topological polar surface area (TPSA) is 95.9 Å². The molecule has 0 aliphatic carbocycles. The standard InChI is InChI=1S/C23H30N2O5S2/c1-2-30-21-12-11-19(15-22(21)32(28,29)25-13-7-4-8-14-25)24-23(27)17-31-16-20(26)18-9-5-3-6-10-18/h3,5-6,9-12,15,20,26H,2,4,7-8,13-14,16-17H2,1H3,(H,24,27). The number of anilines is 1. The van der Waals surface area contributed by atoms with Crippen molar-refractivity contribution in [2.24, 2.45) is 0 Å². The van der Waals surface area contributed by atoms with Gasteiger partial charge in [0.2, 0.25) is 15.9 Å². The second-order valence-corrected chi connectivity index (χ2v) is 10.5. The predicted octanol–water partition coefficient (Wildman–Crippen LogP) is 3.67. The van der Waals surface area contributed by atoms with Gasteiger partial charge in [0.1, 0.15) is 10.6 Å². The van der Waals surface area contributed by atoms with Crippen LogP contribution in [0, 0.1) is 0 Å². The SMILES string of the molecule is CCOc1ccc(NC(=O)CSCC(O)c2ccccc2)cc1S(=O)(=O)N1CCCCC1. The largest absolute Gasteiger partial charge is 0.492 e. The number of carbonyl (C=O) groups excluding carboxylic acids is 1. The number of benzene rings is 2. The molecule has 2 aromatic rings. The van der Waals surface area contributed by atoms with E-state index in [0.29, 0.717) is 31.1 Å². The van der Waals surface area contributed by atoms with Gasteiger partial charge in [-0.3, -0.25) is 4.79 Å². The maximum atomic E-state index is 13.2. The van der Waals surface area contributed by atoms with Crippen LogP contribution < -0.4 is 10.1 Å². The maximum absolute atomic E-state index is 13.2. The predicted molar refractivity (Wildman–Crippen MR) is 128 cm³/mol. The van der Waals surface area contributed by atoms with Gasteiger partial charge in [0.15, 0.2) is 0 Å². The van der Waals surface area contributed by atoms with E-state index < -0.39 is 16.1 Å². The Labute approximate surface area is 194 Å². The first kappa shape index (κ1) is 24.6. The Morgan fingerprint density at radius 3 is 2.56 bits per heavy atom. The second-order valence-electron chi connectivity index (χ2n) is 7.55. The Balaban J connectivity index is 1.64. The molecule has 2 N–H and O–H groups in total. The molecule has 9 heteroatoms. The molecule has 32 heavy (non-hydrogen) atoms. The summed E-state index contributed by atoms with van der Waals surface area (Å²) < 4.78 is 33.5. The van der Waals surface area contributed by atoms with Crippen LogP contribution in [0.25, 0.3) is 0 Å². The third-order valence-electron chi connectivity index (χ3n) is 5.15. The molecule has 0 saturated carbocycles. The minimum Gasteiger partial charge on any atom is -0.492 e. The summed E-state index contributed by atoms with van der Waals surface area (Å²) in [4.78, 5) is 12.5. The monoisotopic (exact) mass is 478 g/mol. The summed E-state index contributed by atoms with van der Waals surface area (Å²) in [6.07, 6.45) is 2.05. The second kappa shape index (κ2) is 11.7. The van der Waals surface area contributed by atoms with Crippen molar-refractivity contribution in [3.8, 4) is 5.75 Å². The lowest BCUT2D eigenvalue weighted by atomic mass is 10.1. The van der Waals surface area contributed by atoms with Crippen molar-refractivity contribution in [2.45, 2.75) is 37.2 Å². The molecule has 1 unspecified atom stereocenters. The van der Waals surface area contributed by atoms with Crippen molar-refractivity contribution in [3.63, 3.8) is 0 Å². The Morgan fingerprint density at radius 2 is 1.88 bits per heavy atom. The number of aliphatic hydroxyl groups is 1. The smallest absolute Gasteiger partial charge is 0.246 e. The van der Waals surface area contributed by atoms with E-state index in [1.165, 1.54) is 22.1 Å². The van der Waals surface area contributed by atoms with Crippen molar-refractivity contribution in [1.29, 1.82) is 0 Å². The molecule has 1 aliphatic heterocycles. The summed E-state index contributed by atoms with van der Waals surface area (Å²) in [7, 11) is -3.71. The van der Waals surface area contributed by atoms with E-state index in [9.17, 15) is 18.3 Å². The number of piperidine rings is 1. The molecule has 1 amide bonds. The Hall–Kier alpha value is -2.07. The van der Waals surface area contributed by atoms with E-state index in [0.717, 1.165) is 24.8 Å². The molecule has 0 spiro atoms. The number of nitrogens with zero attached hydrogens (tertiary/aromatic N) is 1. The molecule has 1 fully saturated rings. The van der Waals surface area contributed by atoms with E-state index in [4.69, 9.17) is 4.74 Å². The minimum atomic E-state index is -3.71. The van der Waals surface area contributed by atoms with E-state index in [-0.39, 0.29) is 22.3 Å². The normalized spacial score (nSPS) is 15.8. The first-order valence-electron chi connectivity index (χ1n) is 10.8. The zero-order valence-electron chi connectivity index (χ0n) is 18.2. The van der Waals surface area contributed by atoms with Crippen LogP contribution >= 0.6 is 11.8 Å². The van der Waals surface area contributed by atoms with Gasteiger partial charge >= 0.3 is 0 Å². The summed E-state index contributed by atoms with van der Waals surface area (Å²) in [5, 5.41) is 13.0. The lowest BCUT2D eigenvalue weighted by Crippen LogP contribution is -2.35. The molecule has 1 heterocycles. The number of nitrogens with one attached hydrogen (secondary N) is 1. The molecule has 7 nitrogen and oxygen atoms in total. The minimum absolute atomic E-state index is 0.0752. The highest BCUT2D eigenvalue weighted by Crippen LogP contribution is 2.31. The number of hydrogen-bond donors (Lipinski definition) is 2. The van der Waals surface area contributed by atoms with Gasteiger partial charge < -0.3 is 15.2 Å². The highest BCUT2D eigenvalue weighted by molar-refractivity contribution is 8.00. The zero-order chi connectivity index (χ0) is 23.0. The van der Waals surface area contributed by atoms with Crippen LogP contribution in [0.3, 0.4) is 0 Å². The summed E-state index contributed by atoms with van der Waals surface area (Å²) in [5.41, 5.74) is 1.21. The van der Waals surface area contributed by atoms with Crippen LogP contribution in [0.2, 0.25) is 0 Å². The molecule has 2 aromatic carbocycles. The average molecular weight is 479 g/mol. The molecule has 1 saturated heterocycles. The molecule has 1 aliphatic rings. The third-order valence-corrected chi connectivity index (χ3v) is 8.09. The number of sulfonamides is 1. The van der Waals surface area contributed by atoms with Gasteiger partial charge in [-0.25, -0.2) is 8.42 Å². The number of amides is 1. The van der Waals surface area contributed by atoms with Gasteiger partial charge in [0.25, 0.3) is 0 Å². The van der Waals surface area contributed by atoms with Crippen molar-refractivity contribution >= 4 is 33.4 Å². The maximum Gasteiger partial charge on any atom is 0.246 e. The third kappa shape index (κ3) is 6.48. The highest BCUT2D eigenvalue weighted by atomic mass is 32.2. The Kier molecular flexibility index (Phi) is 8.98. The Morgan fingerprint density at radius 1 is 1.16 bits per heavy atom. The average Bonchev–Trinajstić information content (AvgIpc) is 2.81. The Bertz CT molecular complexity index is 993. The van der Waals surface area contributed by atoms with Crippen molar-refractivity contribution in [2.75, 3.05) is 36.5 Å². The van der Waals surface area contributed by atoms with E-state index in [2.05, 4.69) is 5.32 Å². The first-order chi connectivity index (χ1) is 15.4. The summed E-state index contributed by atoms with van der Waals surface area (Å²) in [5.74, 6) is 0.554. The van der Waals surface area contributed by atoms with Crippen molar-refractivity contribution in [3.05, 3.63) is 54.1 Å². The van der Waals surface area contributed by atoms with Crippen LogP contribution in [-0.4, -0.2) is 54.9 Å². The highest BCUT2D eigenvalue weighted by Gasteiger charge is 2.29. The summed E-state index contributed by atoms with van der Waals surface area (Å²) >= 11 is 1.31. The van der Waals surface area contributed by atoms with E-state index in [1.807, 2.05) is 30.3 Å². The van der Waals surface area contributed by atoms with Gasteiger partial charge in [-0.05, 0) is 43.5 Å². The van der Waals surface area contributed by atoms with E-state index in [1.54, 1.807) is 19.1 Å². The number of hydrogen-bond acceptors (Lipinski definition) is 6. The van der Waals surface area contributed by atoms with Crippen molar-refractivity contribution < 1.29 is 23.1 Å². The zero-order valence-corrected chi connectivity index (χ0v) is 19.8. The quantitative estimate of drug-likeness (QED) is 0.541. The number of ether oxygens (including phenoxy) is 1. The lowest BCUT2D eigenvalue weighted by Gasteiger charge is -2.27. The molecular weight excluding hydrogens is 448 g/mol. The van der Waals surface area contributed by atoms with Gasteiger partial charge in [-0.2, -0.15) is 4.31 Å². The van der Waals surface area contributed by atoms with Crippen LogP contribution in [-0.2, 0) is 14.8 Å². The number of rotatable bonds is 10. The fraction of sp³-hybridized carbons (Fsp3) is 0.435. The fourth-order valence-corrected chi connectivity index (χ4v) is 6.00. The molecule has 3 rings (SSSR count). The molecule has 174 valence electrons. The van der Waals surface area contributed by atoms with Gasteiger partial charge in [0, 0.05) is 24.5 Å². The number of thioether (sulfide) groups is 1. The molecule has 0 aromatic heterocycles. The van der Waals surface area contributed by atoms with Crippen LogP contribution in [0.15, 0.2) is 53.4 Å². The van der Waals surface area contributed by atoms with Gasteiger partial charge in [-0.15, -0.1) is 11.8 Å². The lowest BCUT2D eigenvalue weighted by molar-refractivity contribution is -0.113. The van der Waals surface area contributed by atoms with E-state index >= 15 is 0 Å². The molecule has 0 bridgehead atoms. The fourth-order valence-electron chi connectivity index (χ4n) is 3.54. The van der Waals surface area contributed by atoms with Gasteiger partial charge in [-0.1, -0.05) is 36.8 Å². The van der Waals surface area contributed by atoms with Crippen LogP contribution in [0.1, 0.15) is 37.9 Å². The summed E-state index contributed by atoms with van der Waals surface area (Å²) in [6.45, 7) is 3.12. The van der Waals surface area contributed by atoms with Gasteiger partial charge in [0.05, 0.1) is 18.5 Å². The van der Waals surface area contributed by atoms with Crippen LogP contribution in [0.4, 0.5) is 5.69 Å². The number of carbonyl (C=O) groups is 1. The summed E-state index contributed by atoms with van der Waals surface area (Å²) in [6, 6.07) is 14.0. The first-order valence-corrected chi connectivity index (χ1v) is 13.4. The van der Waals surface area contributed by atoms with Crippen LogP contribution in [0.5, 0.6) is 5.75 Å². The molecule has 0 radical (unpaired) electrons.